The van der Waals surface area contributed by atoms with E-state index in [-0.39, 0.29) is 28.7 Å². The van der Waals surface area contributed by atoms with Crippen LogP contribution in [0.25, 0.3) is 0 Å². The molecule has 0 saturated heterocycles. The second-order valence-electron chi connectivity index (χ2n) is 11.0. The summed E-state index contributed by atoms with van der Waals surface area (Å²) in [6.07, 6.45) is 11.5. The lowest BCUT2D eigenvalue weighted by molar-refractivity contribution is -0.123. The first-order valence-corrected chi connectivity index (χ1v) is 12.9. The van der Waals surface area contributed by atoms with Crippen molar-refractivity contribution in [1.29, 1.82) is 0 Å². The van der Waals surface area contributed by atoms with E-state index in [1.807, 2.05) is 19.1 Å². The molecular formula is C26H34BrN3O2. The molecule has 0 spiro atoms. The van der Waals surface area contributed by atoms with Gasteiger partial charge >= 0.3 is 0 Å². The van der Waals surface area contributed by atoms with E-state index in [0.29, 0.717) is 35.9 Å². The molecule has 2 N–H and O–H groups in total. The smallest absolute Gasteiger partial charge is 0.243 e. The number of amides is 2. The molecule has 2 amide bonds. The van der Waals surface area contributed by atoms with Gasteiger partial charge in [0.1, 0.15) is 5.82 Å². The first-order valence-electron chi connectivity index (χ1n) is 12.1. The number of hydrogen-bond acceptors (Lipinski definition) is 3. The molecule has 6 heteroatoms. The quantitative estimate of drug-likeness (QED) is 0.584. The number of aryl methyl sites for hydroxylation is 1. The normalized spacial score (nSPS) is 40.1. The van der Waals surface area contributed by atoms with E-state index in [9.17, 15) is 9.59 Å². The van der Waals surface area contributed by atoms with Crippen LogP contribution < -0.4 is 10.6 Å². The van der Waals surface area contributed by atoms with Crippen LogP contribution in [-0.4, -0.2) is 22.8 Å². The van der Waals surface area contributed by atoms with E-state index in [1.165, 1.54) is 25.7 Å². The number of anilines is 1. The maximum absolute atomic E-state index is 12.9. The molecule has 32 heavy (non-hydrogen) atoms. The topological polar surface area (TPSA) is 71.1 Å². The molecule has 0 unspecified atom stereocenters. The number of hydrogen-bond donors (Lipinski definition) is 2. The predicted molar refractivity (Wildman–Crippen MR) is 129 cm³/mol. The van der Waals surface area contributed by atoms with Gasteiger partial charge in [0, 0.05) is 22.4 Å². The number of carbonyl (C=O) groups excluding carboxylic acids is 2. The van der Waals surface area contributed by atoms with Crippen molar-refractivity contribution in [2.75, 3.05) is 5.32 Å². The van der Waals surface area contributed by atoms with Gasteiger partial charge in [-0.05, 0) is 109 Å². The number of halogens is 1. The van der Waals surface area contributed by atoms with Crippen LogP contribution in [-0.2, 0) is 9.59 Å². The van der Waals surface area contributed by atoms with Gasteiger partial charge in [0.05, 0.1) is 5.69 Å². The summed E-state index contributed by atoms with van der Waals surface area (Å²) in [5.41, 5.74) is 1.18. The highest BCUT2D eigenvalue weighted by atomic mass is 79.9. The molecule has 5 rings (SSSR count). The predicted octanol–water partition coefficient (Wildman–Crippen LogP) is 5.39. The van der Waals surface area contributed by atoms with Crippen LogP contribution in [0.3, 0.4) is 0 Å². The van der Waals surface area contributed by atoms with E-state index in [0.717, 1.165) is 23.0 Å². The third-order valence-corrected chi connectivity index (χ3v) is 10.4. The van der Waals surface area contributed by atoms with Crippen molar-refractivity contribution in [3.05, 3.63) is 34.5 Å². The second-order valence-corrected chi connectivity index (χ2v) is 11.9. The van der Waals surface area contributed by atoms with Crippen LogP contribution >= 0.6 is 15.9 Å². The molecule has 5 nitrogen and oxygen atoms in total. The third-order valence-electron chi connectivity index (χ3n) is 9.60. The van der Waals surface area contributed by atoms with Crippen molar-refractivity contribution >= 4 is 33.6 Å². The molecular weight excluding hydrogens is 466 g/mol. The van der Waals surface area contributed by atoms with Crippen molar-refractivity contribution < 1.29 is 9.59 Å². The molecule has 0 bridgehead atoms. The summed E-state index contributed by atoms with van der Waals surface area (Å²) in [4.78, 5) is 29.3. The number of nitrogens with zero attached hydrogens (tertiary/aromatic N) is 1. The van der Waals surface area contributed by atoms with E-state index in [4.69, 9.17) is 0 Å². The maximum Gasteiger partial charge on any atom is 0.243 e. The maximum atomic E-state index is 12.9. The Hall–Kier alpha value is -1.69. The van der Waals surface area contributed by atoms with Crippen molar-refractivity contribution in [3.63, 3.8) is 0 Å². The Kier molecular flexibility index (Phi) is 5.51. The molecule has 3 saturated carbocycles. The summed E-state index contributed by atoms with van der Waals surface area (Å²) in [6.45, 7) is 6.75. The van der Waals surface area contributed by atoms with Gasteiger partial charge in [-0.2, -0.15) is 0 Å². The SMILES string of the molecule is Cc1nc(NC(=O)C[C@H]2CC[C@H]3[C@@H]4CC[C@H]5NC(=O)C=C[C@]5(C)[C@H]4CC[C@]23C)ccc1Br. The minimum atomic E-state index is 0.0639. The molecule has 4 aliphatic rings. The van der Waals surface area contributed by atoms with E-state index < -0.39 is 0 Å². The van der Waals surface area contributed by atoms with E-state index in [2.05, 4.69) is 51.5 Å². The summed E-state index contributed by atoms with van der Waals surface area (Å²) in [6, 6.07) is 4.07. The van der Waals surface area contributed by atoms with Gasteiger partial charge in [-0.3, -0.25) is 9.59 Å². The lowest BCUT2D eigenvalue weighted by Gasteiger charge is -2.59. The van der Waals surface area contributed by atoms with Crippen LogP contribution in [0.2, 0.25) is 0 Å². The first kappa shape index (κ1) is 22.1. The largest absolute Gasteiger partial charge is 0.349 e. The Morgan fingerprint density at radius 2 is 2.00 bits per heavy atom. The summed E-state index contributed by atoms with van der Waals surface area (Å²) in [7, 11) is 0. The van der Waals surface area contributed by atoms with Gasteiger partial charge in [-0.1, -0.05) is 19.9 Å². The van der Waals surface area contributed by atoms with Crippen LogP contribution in [0.1, 0.15) is 64.5 Å². The fraction of sp³-hybridized carbons (Fsp3) is 0.654. The van der Waals surface area contributed by atoms with Crippen molar-refractivity contribution in [1.82, 2.24) is 10.3 Å². The minimum absolute atomic E-state index is 0.0639. The molecule has 7 atom stereocenters. The average Bonchev–Trinajstić information content (AvgIpc) is 3.07. The number of rotatable bonds is 3. The Morgan fingerprint density at radius 3 is 2.78 bits per heavy atom. The Bertz CT molecular complexity index is 978. The number of carbonyl (C=O) groups is 2. The fourth-order valence-electron chi connectivity index (χ4n) is 7.81. The highest BCUT2D eigenvalue weighted by Gasteiger charge is 2.59. The molecule has 0 radical (unpaired) electrons. The molecule has 1 aromatic heterocycles. The summed E-state index contributed by atoms with van der Waals surface area (Å²) >= 11 is 3.47. The van der Waals surface area contributed by atoms with Gasteiger partial charge in [-0.25, -0.2) is 4.98 Å². The fourth-order valence-corrected chi connectivity index (χ4v) is 8.03. The molecule has 3 fully saturated rings. The van der Waals surface area contributed by atoms with Crippen LogP contribution in [0, 0.1) is 41.4 Å². The third kappa shape index (κ3) is 3.53. The Labute approximate surface area is 199 Å². The number of nitrogens with one attached hydrogen (secondary N) is 2. The van der Waals surface area contributed by atoms with Crippen molar-refractivity contribution in [2.45, 2.75) is 71.8 Å². The Morgan fingerprint density at radius 1 is 1.19 bits per heavy atom. The lowest BCUT2D eigenvalue weighted by atomic mass is 9.48. The first-order chi connectivity index (χ1) is 15.2. The van der Waals surface area contributed by atoms with Gasteiger partial charge in [0.15, 0.2) is 0 Å². The van der Waals surface area contributed by atoms with Gasteiger partial charge in [0.2, 0.25) is 11.8 Å². The molecule has 3 aliphatic carbocycles. The lowest BCUT2D eigenvalue weighted by Crippen LogP contribution is -2.59. The van der Waals surface area contributed by atoms with Crippen LogP contribution in [0.5, 0.6) is 0 Å². The zero-order valence-corrected chi connectivity index (χ0v) is 20.9. The molecule has 1 aromatic rings. The number of fused-ring (bicyclic) bond motifs is 5. The monoisotopic (exact) mass is 499 g/mol. The van der Waals surface area contributed by atoms with Crippen molar-refractivity contribution in [2.24, 2.45) is 34.5 Å². The van der Waals surface area contributed by atoms with Crippen LogP contribution in [0.15, 0.2) is 28.8 Å². The van der Waals surface area contributed by atoms with Crippen molar-refractivity contribution in [3.8, 4) is 0 Å². The van der Waals surface area contributed by atoms with Gasteiger partial charge in [0.25, 0.3) is 0 Å². The Balaban J connectivity index is 1.29. The number of aromatic nitrogens is 1. The zero-order valence-electron chi connectivity index (χ0n) is 19.3. The minimum Gasteiger partial charge on any atom is -0.349 e. The van der Waals surface area contributed by atoms with E-state index >= 15 is 0 Å². The van der Waals surface area contributed by atoms with Crippen LogP contribution in [0.4, 0.5) is 5.82 Å². The standard InChI is InChI=1S/C26H34BrN3O2/c1-15-20(27)7-9-22(28-15)30-24(32)14-16-4-6-18-17-5-8-21-26(3,13-11-23(31)29-21)19(17)10-12-25(16,18)2/h7,9,11,13,16-19,21H,4-6,8,10,12,14H2,1-3H3,(H,29,31)(H,28,30,32)/t16-,17+,18+,19+,21-,25-,26-/m1/s1. The molecule has 2 heterocycles. The zero-order chi connectivity index (χ0) is 22.7. The molecule has 1 aliphatic heterocycles. The summed E-state index contributed by atoms with van der Waals surface area (Å²) < 4.78 is 0.953. The highest BCUT2D eigenvalue weighted by Crippen LogP contribution is 2.65. The average molecular weight is 500 g/mol. The second kappa shape index (κ2) is 7.96. The van der Waals surface area contributed by atoms with Gasteiger partial charge in [-0.15, -0.1) is 0 Å². The molecule has 172 valence electrons. The summed E-state index contributed by atoms with van der Waals surface area (Å²) in [5.74, 6) is 3.21. The molecule has 0 aromatic carbocycles. The number of pyridine rings is 1. The summed E-state index contributed by atoms with van der Waals surface area (Å²) in [5, 5.41) is 6.27. The van der Waals surface area contributed by atoms with Gasteiger partial charge < -0.3 is 10.6 Å². The highest BCUT2D eigenvalue weighted by molar-refractivity contribution is 9.10. The van der Waals surface area contributed by atoms with E-state index in [1.54, 1.807) is 6.08 Å².